The van der Waals surface area contributed by atoms with E-state index in [0.29, 0.717) is 12.3 Å². The summed E-state index contributed by atoms with van der Waals surface area (Å²) in [5, 5.41) is 3.42. The van der Waals surface area contributed by atoms with E-state index in [0.717, 1.165) is 12.0 Å². The van der Waals surface area contributed by atoms with Crippen LogP contribution in [0.25, 0.3) is 0 Å². The van der Waals surface area contributed by atoms with Gasteiger partial charge < -0.3 is 4.90 Å². The fourth-order valence-corrected chi connectivity index (χ4v) is 3.28. The molecule has 116 valence electrons. The maximum Gasteiger partial charge on any atom is 0.241 e. The van der Waals surface area contributed by atoms with Gasteiger partial charge in [0.25, 0.3) is 0 Å². The summed E-state index contributed by atoms with van der Waals surface area (Å²) in [5.74, 6) is 0.638. The summed E-state index contributed by atoms with van der Waals surface area (Å²) in [6.45, 7) is 6.68. The second-order valence-electron chi connectivity index (χ2n) is 5.70. The zero-order valence-electron chi connectivity index (χ0n) is 13.2. The third kappa shape index (κ3) is 3.52. The van der Waals surface area contributed by atoms with Crippen LogP contribution in [0.2, 0.25) is 0 Å². The lowest BCUT2D eigenvalue weighted by Gasteiger charge is -2.25. The molecule has 1 fully saturated rings. The average Bonchev–Trinajstić information content (AvgIpc) is 2.73. The predicted molar refractivity (Wildman–Crippen MR) is 86.5 cm³/mol. The highest BCUT2D eigenvalue weighted by atomic mass is 32.2. The Labute approximate surface area is 129 Å². The Morgan fingerprint density at radius 3 is 2.62 bits per heavy atom. The molecule has 0 saturated carbocycles. The van der Waals surface area contributed by atoms with Crippen LogP contribution in [0.4, 0.5) is 0 Å². The lowest BCUT2D eigenvalue weighted by Crippen LogP contribution is -2.34. The Balaban J connectivity index is 2.29. The van der Waals surface area contributed by atoms with Gasteiger partial charge in [-0.3, -0.25) is 14.3 Å². The number of nitrogens with one attached hydrogen (secondary N) is 1. The molecule has 0 aliphatic carbocycles. The summed E-state index contributed by atoms with van der Waals surface area (Å²) in [6, 6.07) is 6.16. The number of carbonyl (C=O) groups is 1. The molecule has 1 heterocycles. The fraction of sp³-hybridized carbons (Fsp3) is 0.562. The van der Waals surface area contributed by atoms with Crippen molar-refractivity contribution in [3.05, 3.63) is 34.9 Å². The smallest absolute Gasteiger partial charge is 0.241 e. The van der Waals surface area contributed by atoms with Crippen LogP contribution in [0, 0.1) is 13.8 Å². The highest BCUT2D eigenvalue weighted by Crippen LogP contribution is 2.28. The molecule has 1 amide bonds. The summed E-state index contributed by atoms with van der Waals surface area (Å²) in [7, 11) is -0.892. The summed E-state index contributed by atoms with van der Waals surface area (Å²) in [6.07, 6.45) is 2.34. The Kier molecular flexibility index (Phi) is 5.17. The second-order valence-corrected chi connectivity index (χ2v) is 7.25. The highest BCUT2D eigenvalue weighted by Gasteiger charge is 2.38. The Bertz CT molecular complexity index is 559. The van der Waals surface area contributed by atoms with Crippen molar-refractivity contribution in [1.29, 1.82) is 0 Å². The van der Waals surface area contributed by atoms with E-state index in [1.807, 2.05) is 11.8 Å². The first-order valence-corrected chi connectivity index (χ1v) is 9.10. The highest BCUT2D eigenvalue weighted by molar-refractivity contribution is 7.84. The van der Waals surface area contributed by atoms with Crippen molar-refractivity contribution in [3.63, 3.8) is 0 Å². The number of carbonyl (C=O) groups excluding carboxylic acids is 1. The Morgan fingerprint density at radius 1 is 1.33 bits per heavy atom. The predicted octanol–water partition coefficient (Wildman–Crippen LogP) is 1.89. The minimum atomic E-state index is -0.892. The van der Waals surface area contributed by atoms with Crippen LogP contribution in [-0.2, 0) is 15.6 Å². The molecule has 0 radical (unpaired) electrons. The molecular weight excluding hydrogens is 284 g/mol. The van der Waals surface area contributed by atoms with Crippen molar-refractivity contribution in [2.24, 2.45) is 0 Å². The van der Waals surface area contributed by atoms with Crippen LogP contribution < -0.4 is 5.32 Å². The number of hydrogen-bond donors (Lipinski definition) is 1. The third-order valence-electron chi connectivity index (χ3n) is 4.00. The van der Waals surface area contributed by atoms with Crippen molar-refractivity contribution in [2.75, 3.05) is 18.6 Å². The zero-order chi connectivity index (χ0) is 15.6. The number of amides is 1. The van der Waals surface area contributed by atoms with Gasteiger partial charge in [-0.25, -0.2) is 0 Å². The van der Waals surface area contributed by atoms with Crippen molar-refractivity contribution in [1.82, 2.24) is 10.2 Å². The molecule has 21 heavy (non-hydrogen) atoms. The molecular formula is C16H24N2O2S. The normalized spacial score (nSPS) is 23.6. The summed E-state index contributed by atoms with van der Waals surface area (Å²) in [4.78, 5) is 14.3. The molecule has 1 aliphatic rings. The van der Waals surface area contributed by atoms with Crippen molar-refractivity contribution in [3.8, 4) is 0 Å². The van der Waals surface area contributed by atoms with E-state index < -0.39 is 10.8 Å². The van der Waals surface area contributed by atoms with Crippen LogP contribution >= 0.6 is 0 Å². The topological polar surface area (TPSA) is 49.4 Å². The first-order valence-electron chi connectivity index (χ1n) is 7.37. The van der Waals surface area contributed by atoms with E-state index in [1.54, 1.807) is 6.26 Å². The molecule has 2 rings (SSSR count). The Morgan fingerprint density at radius 2 is 2.05 bits per heavy atom. The van der Waals surface area contributed by atoms with Gasteiger partial charge in [0.15, 0.2) is 0 Å². The second kappa shape index (κ2) is 6.71. The minimum Gasteiger partial charge on any atom is -0.321 e. The van der Waals surface area contributed by atoms with Gasteiger partial charge in [-0.2, -0.15) is 0 Å². The molecule has 3 atom stereocenters. The quantitative estimate of drug-likeness (QED) is 0.904. The van der Waals surface area contributed by atoms with Gasteiger partial charge in [0.05, 0.1) is 6.04 Å². The van der Waals surface area contributed by atoms with Gasteiger partial charge in [-0.15, -0.1) is 0 Å². The van der Waals surface area contributed by atoms with E-state index in [1.165, 1.54) is 11.1 Å². The SMILES string of the molecule is CCC1NC(c2ccc(C)cc2C)N(CCS(C)=O)C1=O. The molecule has 1 N–H and O–H groups in total. The van der Waals surface area contributed by atoms with E-state index in [4.69, 9.17) is 0 Å². The first-order chi connectivity index (χ1) is 9.93. The van der Waals surface area contributed by atoms with E-state index in [2.05, 4.69) is 37.4 Å². The largest absolute Gasteiger partial charge is 0.321 e. The molecule has 1 aromatic carbocycles. The molecule has 1 aliphatic heterocycles. The van der Waals surface area contributed by atoms with E-state index >= 15 is 0 Å². The monoisotopic (exact) mass is 308 g/mol. The molecule has 4 nitrogen and oxygen atoms in total. The van der Waals surface area contributed by atoms with Crippen molar-refractivity contribution in [2.45, 2.75) is 39.4 Å². The molecule has 1 saturated heterocycles. The maximum atomic E-state index is 12.5. The lowest BCUT2D eigenvalue weighted by atomic mass is 10.0. The minimum absolute atomic E-state index is 0.105. The standard InChI is InChI=1S/C16H24N2O2S/c1-5-14-16(19)18(8-9-21(4)20)15(17-14)13-7-6-11(2)10-12(13)3/h6-7,10,14-15,17H,5,8-9H2,1-4H3. The lowest BCUT2D eigenvalue weighted by molar-refractivity contribution is -0.129. The fourth-order valence-electron chi connectivity index (χ4n) is 2.83. The first kappa shape index (κ1) is 16.2. The van der Waals surface area contributed by atoms with Gasteiger partial charge in [-0.1, -0.05) is 30.7 Å². The van der Waals surface area contributed by atoms with Crippen molar-refractivity contribution < 1.29 is 9.00 Å². The van der Waals surface area contributed by atoms with E-state index in [9.17, 15) is 9.00 Å². The number of nitrogens with zero attached hydrogens (tertiary/aromatic N) is 1. The molecule has 3 unspecified atom stereocenters. The van der Waals surface area contributed by atoms with Crippen LogP contribution in [0.5, 0.6) is 0 Å². The average molecular weight is 308 g/mol. The van der Waals surface area contributed by atoms with Crippen molar-refractivity contribution >= 4 is 16.7 Å². The number of benzene rings is 1. The zero-order valence-corrected chi connectivity index (χ0v) is 14.0. The maximum absolute atomic E-state index is 12.5. The number of hydrogen-bond acceptors (Lipinski definition) is 3. The molecule has 5 heteroatoms. The van der Waals surface area contributed by atoms with Gasteiger partial charge in [0, 0.05) is 29.4 Å². The summed E-state index contributed by atoms with van der Waals surface area (Å²) in [5.41, 5.74) is 3.53. The summed E-state index contributed by atoms with van der Waals surface area (Å²) < 4.78 is 11.4. The molecule has 0 bridgehead atoms. The molecule has 1 aromatic rings. The molecule has 0 spiro atoms. The molecule has 0 aromatic heterocycles. The van der Waals surface area contributed by atoms with Crippen LogP contribution in [0.3, 0.4) is 0 Å². The summed E-state index contributed by atoms with van der Waals surface area (Å²) >= 11 is 0. The number of rotatable bonds is 5. The van der Waals surface area contributed by atoms with Crippen LogP contribution in [0.15, 0.2) is 18.2 Å². The van der Waals surface area contributed by atoms with Crippen LogP contribution in [0.1, 0.15) is 36.2 Å². The van der Waals surface area contributed by atoms with Gasteiger partial charge in [0.1, 0.15) is 6.17 Å². The van der Waals surface area contributed by atoms with Gasteiger partial charge >= 0.3 is 0 Å². The van der Waals surface area contributed by atoms with Crippen LogP contribution in [-0.4, -0.2) is 39.6 Å². The third-order valence-corrected chi connectivity index (χ3v) is 4.76. The van der Waals surface area contributed by atoms with Gasteiger partial charge in [-0.05, 0) is 31.4 Å². The van der Waals surface area contributed by atoms with Gasteiger partial charge in [0.2, 0.25) is 5.91 Å². The van der Waals surface area contributed by atoms with E-state index in [-0.39, 0.29) is 18.1 Å². The Hall–Kier alpha value is -1.20. The number of aryl methyl sites for hydroxylation is 2.